The third-order valence-corrected chi connectivity index (χ3v) is 4.39. The van der Waals surface area contributed by atoms with Crippen LogP contribution >= 0.6 is 0 Å². The van der Waals surface area contributed by atoms with Crippen LogP contribution < -0.4 is 14.8 Å². The minimum Gasteiger partial charge on any atom is -0.490 e. The molecule has 30 heavy (non-hydrogen) atoms. The van der Waals surface area contributed by atoms with Crippen molar-refractivity contribution in [1.29, 1.82) is 0 Å². The Morgan fingerprint density at radius 3 is 2.40 bits per heavy atom. The van der Waals surface area contributed by atoms with Gasteiger partial charge in [0.2, 0.25) is 5.91 Å². The lowest BCUT2D eigenvalue weighted by Crippen LogP contribution is -2.24. The molecule has 6 heteroatoms. The van der Waals surface area contributed by atoms with Crippen LogP contribution in [0.1, 0.15) is 41.8 Å². The Morgan fingerprint density at radius 1 is 1.03 bits per heavy atom. The number of nitrogens with one attached hydrogen (secondary N) is 1. The third kappa shape index (κ3) is 6.65. The maximum atomic E-state index is 12.5. The van der Waals surface area contributed by atoms with Crippen LogP contribution in [0.25, 0.3) is 6.08 Å². The largest absolute Gasteiger partial charge is 0.490 e. The predicted molar refractivity (Wildman–Crippen MR) is 119 cm³/mol. The fraction of sp³-hybridized carbons (Fsp3) is 0.333. The molecule has 0 fully saturated rings. The number of hydrogen-bond acceptors (Lipinski definition) is 4. The number of nitrogens with zero attached hydrogens (tertiary/aromatic N) is 1. The summed E-state index contributed by atoms with van der Waals surface area (Å²) in [5.41, 5.74) is 2.40. The summed E-state index contributed by atoms with van der Waals surface area (Å²) in [4.78, 5) is 25.7. The SMILES string of the molecule is CCCOc1ccc(C=CC(=O)N(C)Cc2ccc(C(=O)NC)cc2)cc1OCC. The quantitative estimate of drug-likeness (QED) is 0.603. The van der Waals surface area contributed by atoms with E-state index in [1.807, 2.05) is 37.3 Å². The fourth-order valence-electron chi connectivity index (χ4n) is 2.78. The van der Waals surface area contributed by atoms with Crippen molar-refractivity contribution in [1.82, 2.24) is 10.2 Å². The molecule has 2 amide bonds. The van der Waals surface area contributed by atoms with Crippen molar-refractivity contribution >= 4 is 17.9 Å². The Balaban J connectivity index is 2.01. The zero-order chi connectivity index (χ0) is 21.9. The summed E-state index contributed by atoms with van der Waals surface area (Å²) in [6.45, 7) is 5.59. The molecule has 1 N–H and O–H groups in total. The Kier molecular flexibility index (Phi) is 8.94. The highest BCUT2D eigenvalue weighted by Gasteiger charge is 2.09. The van der Waals surface area contributed by atoms with Crippen LogP contribution in [0.5, 0.6) is 11.5 Å². The smallest absolute Gasteiger partial charge is 0.251 e. The highest BCUT2D eigenvalue weighted by atomic mass is 16.5. The van der Waals surface area contributed by atoms with Gasteiger partial charge in [0.1, 0.15) is 0 Å². The van der Waals surface area contributed by atoms with E-state index in [2.05, 4.69) is 12.2 Å². The Hall–Kier alpha value is -3.28. The maximum Gasteiger partial charge on any atom is 0.251 e. The van der Waals surface area contributed by atoms with E-state index < -0.39 is 0 Å². The molecule has 160 valence electrons. The van der Waals surface area contributed by atoms with Crippen molar-refractivity contribution in [3.05, 3.63) is 65.2 Å². The highest BCUT2D eigenvalue weighted by molar-refractivity contribution is 5.94. The summed E-state index contributed by atoms with van der Waals surface area (Å²) < 4.78 is 11.4. The molecule has 0 atom stereocenters. The average Bonchev–Trinajstić information content (AvgIpc) is 2.76. The Bertz CT molecular complexity index is 875. The van der Waals surface area contributed by atoms with Gasteiger partial charge in [-0.2, -0.15) is 0 Å². The van der Waals surface area contributed by atoms with Crippen LogP contribution in [0.15, 0.2) is 48.5 Å². The van der Waals surface area contributed by atoms with Crippen molar-refractivity contribution in [2.24, 2.45) is 0 Å². The van der Waals surface area contributed by atoms with E-state index in [0.29, 0.717) is 36.8 Å². The van der Waals surface area contributed by atoms with E-state index in [1.54, 1.807) is 37.2 Å². The first kappa shape index (κ1) is 23.0. The Labute approximate surface area is 178 Å². The monoisotopic (exact) mass is 410 g/mol. The highest BCUT2D eigenvalue weighted by Crippen LogP contribution is 2.29. The lowest BCUT2D eigenvalue weighted by molar-refractivity contribution is -0.125. The first-order chi connectivity index (χ1) is 14.5. The molecule has 0 unspecified atom stereocenters. The van der Waals surface area contributed by atoms with E-state index in [9.17, 15) is 9.59 Å². The van der Waals surface area contributed by atoms with Crippen molar-refractivity contribution in [3.63, 3.8) is 0 Å². The summed E-state index contributed by atoms with van der Waals surface area (Å²) in [7, 11) is 3.34. The zero-order valence-corrected chi connectivity index (χ0v) is 18.1. The summed E-state index contributed by atoms with van der Waals surface area (Å²) in [5, 5.41) is 2.59. The van der Waals surface area contributed by atoms with Crippen molar-refractivity contribution in [2.45, 2.75) is 26.8 Å². The number of benzene rings is 2. The number of rotatable bonds is 10. The van der Waals surface area contributed by atoms with Crippen LogP contribution in [-0.2, 0) is 11.3 Å². The number of amides is 2. The van der Waals surface area contributed by atoms with Crippen LogP contribution in [-0.4, -0.2) is 44.0 Å². The lowest BCUT2D eigenvalue weighted by Gasteiger charge is -2.15. The summed E-state index contributed by atoms with van der Waals surface area (Å²) in [6, 6.07) is 12.8. The van der Waals surface area contributed by atoms with Crippen LogP contribution in [0, 0.1) is 0 Å². The van der Waals surface area contributed by atoms with Gasteiger partial charge in [0.05, 0.1) is 13.2 Å². The summed E-state index contributed by atoms with van der Waals surface area (Å²) in [6.07, 6.45) is 4.22. The van der Waals surface area contributed by atoms with Crippen molar-refractivity contribution in [3.8, 4) is 11.5 Å². The van der Waals surface area contributed by atoms with E-state index >= 15 is 0 Å². The molecule has 0 aliphatic heterocycles. The van der Waals surface area contributed by atoms with E-state index in [0.717, 1.165) is 17.5 Å². The molecule has 0 saturated heterocycles. The molecule has 0 saturated carbocycles. The summed E-state index contributed by atoms with van der Waals surface area (Å²) >= 11 is 0. The molecule has 0 aromatic heterocycles. The average molecular weight is 411 g/mol. The van der Waals surface area contributed by atoms with Gasteiger partial charge in [-0.05, 0) is 54.8 Å². The molecule has 0 radical (unpaired) electrons. The third-order valence-electron chi connectivity index (χ3n) is 4.39. The molecule has 2 aromatic rings. The molecule has 6 nitrogen and oxygen atoms in total. The molecule has 0 bridgehead atoms. The molecule has 0 aliphatic carbocycles. The summed E-state index contributed by atoms with van der Waals surface area (Å²) in [5.74, 6) is 1.13. The lowest BCUT2D eigenvalue weighted by atomic mass is 10.1. The molecule has 2 aromatic carbocycles. The second kappa shape index (κ2) is 11.7. The van der Waals surface area contributed by atoms with Crippen LogP contribution in [0.3, 0.4) is 0 Å². The topological polar surface area (TPSA) is 67.9 Å². The molecule has 0 heterocycles. The van der Waals surface area contributed by atoms with E-state index in [1.165, 1.54) is 6.08 Å². The van der Waals surface area contributed by atoms with Gasteiger partial charge < -0.3 is 19.7 Å². The number of carbonyl (C=O) groups is 2. The minimum atomic E-state index is -0.133. The van der Waals surface area contributed by atoms with E-state index in [4.69, 9.17) is 9.47 Å². The van der Waals surface area contributed by atoms with Crippen LogP contribution in [0.4, 0.5) is 0 Å². The number of hydrogen-bond donors (Lipinski definition) is 1. The standard InChI is InChI=1S/C24H30N2O4/c1-5-15-30-21-13-9-18(16-22(21)29-6-2)10-14-23(27)26(4)17-19-7-11-20(12-8-19)24(28)25-3/h7-14,16H,5-6,15,17H2,1-4H3,(H,25,28). The van der Waals surface area contributed by atoms with Gasteiger partial charge in [-0.3, -0.25) is 9.59 Å². The molecular weight excluding hydrogens is 380 g/mol. The Morgan fingerprint density at radius 2 is 1.77 bits per heavy atom. The van der Waals surface area contributed by atoms with Crippen molar-refractivity contribution < 1.29 is 19.1 Å². The molecule has 2 rings (SSSR count). The molecule has 0 spiro atoms. The minimum absolute atomic E-state index is 0.116. The van der Waals surface area contributed by atoms with E-state index in [-0.39, 0.29) is 11.8 Å². The fourth-order valence-corrected chi connectivity index (χ4v) is 2.78. The second-order valence-electron chi connectivity index (χ2n) is 6.79. The molecular formula is C24H30N2O4. The van der Waals surface area contributed by atoms with Gasteiger partial charge in [-0.1, -0.05) is 25.1 Å². The van der Waals surface area contributed by atoms with Gasteiger partial charge in [0, 0.05) is 32.3 Å². The zero-order valence-electron chi connectivity index (χ0n) is 18.1. The number of ether oxygens (including phenoxy) is 2. The first-order valence-corrected chi connectivity index (χ1v) is 10.1. The van der Waals surface area contributed by atoms with Gasteiger partial charge in [0.15, 0.2) is 11.5 Å². The number of likely N-dealkylation sites (N-methyl/N-ethyl adjacent to an activating group) is 1. The van der Waals surface area contributed by atoms with Gasteiger partial charge in [-0.15, -0.1) is 0 Å². The first-order valence-electron chi connectivity index (χ1n) is 10.1. The second-order valence-corrected chi connectivity index (χ2v) is 6.79. The number of carbonyl (C=O) groups excluding carboxylic acids is 2. The van der Waals surface area contributed by atoms with Crippen molar-refractivity contribution in [2.75, 3.05) is 27.3 Å². The predicted octanol–water partition coefficient (Wildman–Crippen LogP) is 3.91. The van der Waals surface area contributed by atoms with Gasteiger partial charge in [0.25, 0.3) is 5.91 Å². The van der Waals surface area contributed by atoms with Crippen LogP contribution in [0.2, 0.25) is 0 Å². The normalized spacial score (nSPS) is 10.7. The maximum absolute atomic E-state index is 12.5. The molecule has 0 aliphatic rings. The van der Waals surface area contributed by atoms with Gasteiger partial charge >= 0.3 is 0 Å². The van der Waals surface area contributed by atoms with Gasteiger partial charge in [-0.25, -0.2) is 0 Å².